The second-order valence-electron chi connectivity index (χ2n) is 5.83. The molecule has 5 nitrogen and oxygen atoms in total. The molecule has 0 saturated carbocycles. The molecule has 134 valence electrons. The molecule has 0 aliphatic heterocycles. The Hall–Kier alpha value is -2.86. The number of ether oxygens (including phenoxy) is 2. The number of nitrogens with one attached hydrogen (secondary N) is 1. The van der Waals surface area contributed by atoms with Gasteiger partial charge in [0.15, 0.2) is 12.4 Å². The average Bonchev–Trinajstić information content (AvgIpc) is 2.97. The lowest BCUT2D eigenvalue weighted by Gasteiger charge is -2.08. The van der Waals surface area contributed by atoms with E-state index in [4.69, 9.17) is 9.47 Å². The van der Waals surface area contributed by atoms with E-state index in [0.29, 0.717) is 23.5 Å². The summed E-state index contributed by atoms with van der Waals surface area (Å²) in [5.41, 5.74) is 2.54. The summed E-state index contributed by atoms with van der Waals surface area (Å²) >= 11 is 1.23. The molecule has 1 heterocycles. The Balaban J connectivity index is 1.59. The van der Waals surface area contributed by atoms with Gasteiger partial charge in [-0.15, -0.1) is 0 Å². The molecular formula is C20H19NO4S. The fourth-order valence-corrected chi connectivity index (χ4v) is 3.39. The molecule has 0 radical (unpaired) electrons. The van der Waals surface area contributed by atoms with Gasteiger partial charge in [0.25, 0.3) is 0 Å². The summed E-state index contributed by atoms with van der Waals surface area (Å²) in [5.74, 6) is 1.16. The second-order valence-corrected chi connectivity index (χ2v) is 6.89. The quantitative estimate of drug-likeness (QED) is 0.646. The highest BCUT2D eigenvalue weighted by atomic mass is 32.1. The fourth-order valence-electron chi connectivity index (χ4n) is 2.52. The van der Waals surface area contributed by atoms with Crippen LogP contribution in [-0.2, 0) is 6.42 Å². The lowest BCUT2D eigenvalue weighted by Crippen LogP contribution is -2.11. The van der Waals surface area contributed by atoms with Crippen molar-refractivity contribution in [3.8, 4) is 11.5 Å². The van der Waals surface area contributed by atoms with Crippen molar-refractivity contribution in [3.05, 3.63) is 79.9 Å². The SMILES string of the molecule is COc1cccc(C(=O)COc2ccc(Cc3sc(=O)[nH]c3C)cc2)c1. The summed E-state index contributed by atoms with van der Waals surface area (Å²) in [6, 6.07) is 14.5. The van der Waals surface area contributed by atoms with Crippen LogP contribution in [0.5, 0.6) is 11.5 Å². The van der Waals surface area contributed by atoms with E-state index in [1.54, 1.807) is 31.4 Å². The van der Waals surface area contributed by atoms with Crippen molar-refractivity contribution >= 4 is 17.1 Å². The molecule has 0 unspecified atom stereocenters. The summed E-state index contributed by atoms with van der Waals surface area (Å²) in [7, 11) is 1.56. The van der Waals surface area contributed by atoms with Crippen molar-refractivity contribution in [2.75, 3.05) is 13.7 Å². The lowest BCUT2D eigenvalue weighted by atomic mass is 10.1. The zero-order valence-corrected chi connectivity index (χ0v) is 15.4. The van der Waals surface area contributed by atoms with Gasteiger partial charge in [-0.2, -0.15) is 0 Å². The standard InChI is InChI=1S/C20H19NO4S/c1-13-19(26-20(23)21-13)10-14-6-8-16(9-7-14)25-12-18(22)15-4-3-5-17(11-15)24-2/h3-9,11H,10,12H2,1-2H3,(H,21,23). The molecule has 3 aromatic rings. The normalized spacial score (nSPS) is 10.5. The van der Waals surface area contributed by atoms with Crippen LogP contribution in [0.3, 0.4) is 0 Å². The summed E-state index contributed by atoms with van der Waals surface area (Å²) in [6.45, 7) is 1.86. The molecule has 0 aliphatic carbocycles. The topological polar surface area (TPSA) is 68.4 Å². The van der Waals surface area contributed by atoms with Crippen molar-refractivity contribution in [1.29, 1.82) is 0 Å². The molecule has 0 saturated heterocycles. The Morgan fingerprint density at radius 1 is 1.12 bits per heavy atom. The number of methoxy groups -OCH3 is 1. The summed E-state index contributed by atoms with van der Waals surface area (Å²) in [4.78, 5) is 27.4. The molecule has 0 aliphatic rings. The maximum Gasteiger partial charge on any atom is 0.304 e. The van der Waals surface area contributed by atoms with Gasteiger partial charge in [0.2, 0.25) is 0 Å². The van der Waals surface area contributed by atoms with Crippen molar-refractivity contribution in [2.24, 2.45) is 0 Å². The number of H-pyrrole nitrogens is 1. The van der Waals surface area contributed by atoms with Gasteiger partial charge < -0.3 is 14.5 Å². The van der Waals surface area contributed by atoms with E-state index in [0.717, 1.165) is 16.1 Å². The van der Waals surface area contributed by atoms with Crippen molar-refractivity contribution in [2.45, 2.75) is 13.3 Å². The molecule has 0 bridgehead atoms. The van der Waals surface area contributed by atoms with E-state index in [1.165, 1.54) is 11.3 Å². The van der Waals surface area contributed by atoms with E-state index in [2.05, 4.69) is 4.98 Å². The minimum atomic E-state index is -0.110. The molecule has 0 atom stereocenters. The number of rotatable bonds is 7. The summed E-state index contributed by atoms with van der Waals surface area (Å²) in [5, 5.41) is 0. The molecule has 6 heteroatoms. The number of aromatic nitrogens is 1. The molecular weight excluding hydrogens is 350 g/mol. The number of aromatic amines is 1. The summed E-state index contributed by atoms with van der Waals surface area (Å²) in [6.07, 6.45) is 0.693. The van der Waals surface area contributed by atoms with E-state index in [-0.39, 0.29) is 17.3 Å². The van der Waals surface area contributed by atoms with Gasteiger partial charge in [-0.25, -0.2) is 0 Å². The zero-order chi connectivity index (χ0) is 18.5. The van der Waals surface area contributed by atoms with Gasteiger partial charge in [0.1, 0.15) is 11.5 Å². The number of hydrogen-bond acceptors (Lipinski definition) is 5. The number of ketones is 1. The van der Waals surface area contributed by atoms with Gasteiger partial charge in [-0.1, -0.05) is 35.6 Å². The maximum absolute atomic E-state index is 12.2. The summed E-state index contributed by atoms with van der Waals surface area (Å²) < 4.78 is 10.7. The first-order valence-corrected chi connectivity index (χ1v) is 8.94. The van der Waals surface area contributed by atoms with Crippen LogP contribution in [0.4, 0.5) is 0 Å². The lowest BCUT2D eigenvalue weighted by molar-refractivity contribution is 0.0921. The van der Waals surface area contributed by atoms with Crippen LogP contribution in [0, 0.1) is 6.92 Å². The Kier molecular flexibility index (Phi) is 5.53. The van der Waals surface area contributed by atoms with E-state index < -0.39 is 0 Å². The molecule has 1 N–H and O–H groups in total. The minimum absolute atomic E-state index is 0.0338. The number of aryl methyl sites for hydroxylation is 1. The third-order valence-electron chi connectivity index (χ3n) is 3.97. The predicted octanol–water partition coefficient (Wildman–Crippen LogP) is 3.61. The largest absolute Gasteiger partial charge is 0.497 e. The number of carbonyl (C=O) groups excluding carboxylic acids is 1. The zero-order valence-electron chi connectivity index (χ0n) is 14.6. The Morgan fingerprint density at radius 3 is 2.54 bits per heavy atom. The number of Topliss-reactive ketones (excluding diaryl/α,β-unsaturated/α-hetero) is 1. The molecule has 2 aromatic carbocycles. The molecule has 0 spiro atoms. The number of benzene rings is 2. The Bertz CT molecular complexity index is 956. The smallest absolute Gasteiger partial charge is 0.304 e. The average molecular weight is 369 g/mol. The molecule has 0 amide bonds. The maximum atomic E-state index is 12.2. The Morgan fingerprint density at radius 2 is 1.88 bits per heavy atom. The number of carbonyl (C=O) groups is 1. The van der Waals surface area contributed by atoms with Crippen molar-refractivity contribution in [1.82, 2.24) is 4.98 Å². The third-order valence-corrected chi connectivity index (χ3v) is 4.96. The van der Waals surface area contributed by atoms with Crippen molar-refractivity contribution < 1.29 is 14.3 Å². The minimum Gasteiger partial charge on any atom is -0.497 e. The predicted molar refractivity (Wildman–Crippen MR) is 102 cm³/mol. The first-order chi connectivity index (χ1) is 12.5. The van der Waals surface area contributed by atoms with Gasteiger partial charge in [0.05, 0.1) is 7.11 Å². The van der Waals surface area contributed by atoms with E-state index >= 15 is 0 Å². The van der Waals surface area contributed by atoms with Gasteiger partial charge in [-0.05, 0) is 36.8 Å². The van der Waals surface area contributed by atoms with Crippen LogP contribution >= 0.6 is 11.3 Å². The highest BCUT2D eigenvalue weighted by Gasteiger charge is 2.09. The first-order valence-electron chi connectivity index (χ1n) is 8.13. The first kappa shape index (κ1) is 17.9. The monoisotopic (exact) mass is 369 g/mol. The molecule has 1 aromatic heterocycles. The highest BCUT2D eigenvalue weighted by Crippen LogP contribution is 2.19. The molecule has 26 heavy (non-hydrogen) atoms. The highest BCUT2D eigenvalue weighted by molar-refractivity contribution is 7.09. The van der Waals surface area contributed by atoms with Crippen LogP contribution in [0.1, 0.15) is 26.5 Å². The fraction of sp³-hybridized carbons (Fsp3) is 0.200. The molecule has 3 rings (SSSR count). The third kappa shape index (κ3) is 4.40. The van der Waals surface area contributed by atoms with E-state index in [9.17, 15) is 9.59 Å². The van der Waals surface area contributed by atoms with Crippen LogP contribution in [0.2, 0.25) is 0 Å². The number of thiazole rings is 1. The molecule has 0 fully saturated rings. The van der Waals surface area contributed by atoms with Crippen molar-refractivity contribution in [3.63, 3.8) is 0 Å². The van der Waals surface area contributed by atoms with E-state index in [1.807, 2.05) is 31.2 Å². The van der Waals surface area contributed by atoms with Crippen LogP contribution in [-0.4, -0.2) is 24.5 Å². The van der Waals surface area contributed by atoms with Gasteiger partial charge >= 0.3 is 4.87 Å². The Labute approximate surface area is 155 Å². The van der Waals surface area contributed by atoms with Gasteiger partial charge in [0, 0.05) is 22.6 Å². The van der Waals surface area contributed by atoms with Gasteiger partial charge in [-0.3, -0.25) is 9.59 Å². The second kappa shape index (κ2) is 8.01. The van der Waals surface area contributed by atoms with Crippen LogP contribution < -0.4 is 14.3 Å². The number of hydrogen-bond donors (Lipinski definition) is 1. The van der Waals surface area contributed by atoms with Crippen LogP contribution in [0.25, 0.3) is 0 Å². The van der Waals surface area contributed by atoms with Crippen LogP contribution in [0.15, 0.2) is 53.3 Å².